The van der Waals surface area contributed by atoms with Crippen LogP contribution in [0.3, 0.4) is 0 Å². The monoisotopic (exact) mass is 365 g/mol. The van der Waals surface area contributed by atoms with Crippen molar-refractivity contribution >= 4 is 29.6 Å². The van der Waals surface area contributed by atoms with Gasteiger partial charge in [0.1, 0.15) is 6.54 Å². The molecule has 24 heavy (non-hydrogen) atoms. The molecule has 0 aliphatic carbocycles. The first-order valence-electron chi connectivity index (χ1n) is 6.52. The molecule has 1 heterocycles. The zero-order chi connectivity index (χ0) is 17.7. The van der Waals surface area contributed by atoms with E-state index in [-0.39, 0.29) is 6.79 Å². The number of carbonyl (C=O) groups is 2. The minimum Gasteiger partial charge on any atom is -0.454 e. The summed E-state index contributed by atoms with van der Waals surface area (Å²) in [5, 5.41) is 1.87. The van der Waals surface area contributed by atoms with Gasteiger partial charge in [0, 0.05) is 6.08 Å². The molecule has 1 aliphatic rings. The molecule has 0 radical (unpaired) electrons. The van der Waals surface area contributed by atoms with Crippen molar-refractivity contribution in [1.29, 1.82) is 0 Å². The molecule has 1 aromatic carbocycles. The Bertz CT molecular complexity index is 675. The van der Waals surface area contributed by atoms with Crippen molar-refractivity contribution < 1.29 is 37.0 Å². The number of amides is 1. The van der Waals surface area contributed by atoms with Gasteiger partial charge < -0.3 is 19.5 Å². The first kappa shape index (κ1) is 17.9. The fraction of sp³-hybridized carbons (Fsp3) is 0.286. The van der Waals surface area contributed by atoms with Crippen LogP contribution in [0.25, 0.3) is 6.08 Å². The molecule has 1 N–H and O–H groups in total. The van der Waals surface area contributed by atoms with Gasteiger partial charge >= 0.3 is 12.1 Å². The van der Waals surface area contributed by atoms with E-state index in [0.29, 0.717) is 22.1 Å². The zero-order valence-corrected chi connectivity index (χ0v) is 12.7. The van der Waals surface area contributed by atoms with Crippen LogP contribution in [0.5, 0.6) is 11.5 Å². The van der Waals surface area contributed by atoms with Gasteiger partial charge in [-0.05, 0) is 23.8 Å². The normalized spacial score (nSPS) is 13.2. The van der Waals surface area contributed by atoms with Gasteiger partial charge in [0.15, 0.2) is 18.1 Å². The number of ether oxygens (including phenoxy) is 3. The smallest absolute Gasteiger partial charge is 0.405 e. The highest BCUT2D eigenvalue weighted by molar-refractivity contribution is 6.32. The highest BCUT2D eigenvalue weighted by atomic mass is 35.5. The molecule has 1 amide bonds. The van der Waals surface area contributed by atoms with Crippen LogP contribution < -0.4 is 14.8 Å². The molecule has 0 aromatic heterocycles. The average Bonchev–Trinajstić information content (AvgIpc) is 2.97. The zero-order valence-electron chi connectivity index (χ0n) is 12.0. The summed E-state index contributed by atoms with van der Waals surface area (Å²) in [6.45, 7) is -2.27. The molecule has 10 heteroatoms. The molecular weight excluding hydrogens is 355 g/mol. The quantitative estimate of drug-likeness (QED) is 0.640. The molecular formula is C14H11ClF3NO5. The molecule has 0 unspecified atom stereocenters. The van der Waals surface area contributed by atoms with Crippen LogP contribution in [0.4, 0.5) is 13.2 Å². The van der Waals surface area contributed by atoms with E-state index >= 15 is 0 Å². The number of carbonyl (C=O) groups excluding carboxylic acids is 2. The first-order valence-corrected chi connectivity index (χ1v) is 6.90. The molecule has 130 valence electrons. The largest absolute Gasteiger partial charge is 0.454 e. The van der Waals surface area contributed by atoms with Gasteiger partial charge in [-0.3, -0.25) is 4.79 Å². The van der Waals surface area contributed by atoms with Gasteiger partial charge in [-0.15, -0.1) is 0 Å². The fourth-order valence-electron chi connectivity index (χ4n) is 1.68. The third-order valence-electron chi connectivity index (χ3n) is 2.69. The van der Waals surface area contributed by atoms with Crippen molar-refractivity contribution in [1.82, 2.24) is 5.32 Å². The van der Waals surface area contributed by atoms with Crippen LogP contribution in [0, 0.1) is 0 Å². The predicted molar refractivity (Wildman–Crippen MR) is 76.6 cm³/mol. The minimum atomic E-state index is -4.53. The molecule has 0 spiro atoms. The lowest BCUT2D eigenvalue weighted by atomic mass is 10.2. The Balaban J connectivity index is 1.83. The Hall–Kier alpha value is -2.42. The Morgan fingerprint density at radius 1 is 1.33 bits per heavy atom. The Kier molecular flexibility index (Phi) is 5.55. The Morgan fingerprint density at radius 2 is 2.08 bits per heavy atom. The van der Waals surface area contributed by atoms with Crippen LogP contribution in [0.15, 0.2) is 18.2 Å². The summed E-state index contributed by atoms with van der Waals surface area (Å²) in [6, 6.07) is 3.10. The van der Waals surface area contributed by atoms with Crippen molar-refractivity contribution in [3.8, 4) is 11.5 Å². The number of hydrogen-bond acceptors (Lipinski definition) is 5. The fourth-order valence-corrected chi connectivity index (χ4v) is 1.96. The van der Waals surface area contributed by atoms with Crippen LogP contribution in [0.2, 0.25) is 5.02 Å². The second kappa shape index (κ2) is 7.43. The summed E-state index contributed by atoms with van der Waals surface area (Å²) >= 11 is 5.96. The number of alkyl halides is 3. The van der Waals surface area contributed by atoms with E-state index in [9.17, 15) is 22.8 Å². The summed E-state index contributed by atoms with van der Waals surface area (Å²) in [5.74, 6) is -1.13. The SMILES string of the molecule is O=C(COC(=O)/C=C/c1cc(Cl)c2c(c1)OCO2)NCC(F)(F)F. The van der Waals surface area contributed by atoms with Gasteiger partial charge in [0.2, 0.25) is 6.79 Å². The molecule has 0 atom stereocenters. The second-order valence-corrected chi connectivity index (χ2v) is 4.98. The van der Waals surface area contributed by atoms with Gasteiger partial charge in [0.25, 0.3) is 5.91 Å². The predicted octanol–water partition coefficient (Wildman–Crippen LogP) is 2.30. The Morgan fingerprint density at radius 3 is 2.79 bits per heavy atom. The van der Waals surface area contributed by atoms with Gasteiger partial charge in [-0.1, -0.05) is 11.6 Å². The lowest BCUT2D eigenvalue weighted by Crippen LogP contribution is -2.36. The van der Waals surface area contributed by atoms with E-state index in [1.54, 1.807) is 11.4 Å². The van der Waals surface area contributed by atoms with E-state index in [0.717, 1.165) is 6.08 Å². The maximum absolute atomic E-state index is 11.9. The standard InChI is InChI=1S/C14H11ClF3NO5/c15-9-3-8(4-10-13(9)24-7-23-10)1-2-12(21)22-5-11(20)19-6-14(16,17)18/h1-4H,5-7H2,(H,19,20)/b2-1+. The van der Waals surface area contributed by atoms with Gasteiger partial charge in [-0.25, -0.2) is 4.79 Å². The molecule has 2 rings (SSSR count). The van der Waals surface area contributed by atoms with E-state index in [2.05, 4.69) is 4.74 Å². The van der Waals surface area contributed by atoms with Crippen molar-refractivity contribution in [2.45, 2.75) is 6.18 Å². The summed E-state index contributed by atoms with van der Waals surface area (Å²) in [5.41, 5.74) is 0.516. The van der Waals surface area contributed by atoms with Crippen LogP contribution in [-0.2, 0) is 14.3 Å². The van der Waals surface area contributed by atoms with Crippen molar-refractivity contribution in [2.75, 3.05) is 19.9 Å². The highest BCUT2D eigenvalue weighted by Gasteiger charge is 2.27. The molecule has 1 aromatic rings. The number of benzene rings is 1. The average molecular weight is 366 g/mol. The topological polar surface area (TPSA) is 73.9 Å². The van der Waals surface area contributed by atoms with E-state index in [1.807, 2.05) is 0 Å². The number of esters is 1. The number of nitrogens with one attached hydrogen (secondary N) is 1. The second-order valence-electron chi connectivity index (χ2n) is 4.57. The van der Waals surface area contributed by atoms with E-state index in [1.165, 1.54) is 12.1 Å². The molecule has 0 saturated carbocycles. The van der Waals surface area contributed by atoms with Crippen molar-refractivity contribution in [2.24, 2.45) is 0 Å². The van der Waals surface area contributed by atoms with Crippen molar-refractivity contribution in [3.63, 3.8) is 0 Å². The maximum Gasteiger partial charge on any atom is 0.405 e. The first-order chi connectivity index (χ1) is 11.2. The maximum atomic E-state index is 11.9. The lowest BCUT2D eigenvalue weighted by molar-refractivity contribution is -0.148. The summed E-state index contributed by atoms with van der Waals surface area (Å²) in [7, 11) is 0. The number of rotatable bonds is 5. The van der Waals surface area contributed by atoms with Crippen LogP contribution in [-0.4, -0.2) is 38.0 Å². The minimum absolute atomic E-state index is 0.0390. The molecule has 0 bridgehead atoms. The van der Waals surface area contributed by atoms with E-state index in [4.69, 9.17) is 21.1 Å². The van der Waals surface area contributed by atoms with Crippen LogP contribution in [0.1, 0.15) is 5.56 Å². The van der Waals surface area contributed by atoms with Gasteiger partial charge in [0.05, 0.1) is 5.02 Å². The number of fused-ring (bicyclic) bond motifs is 1. The number of hydrogen-bond donors (Lipinski definition) is 1. The third kappa shape index (κ3) is 5.34. The summed E-state index contributed by atoms with van der Waals surface area (Å²) < 4.78 is 50.5. The number of halogens is 4. The van der Waals surface area contributed by atoms with Crippen LogP contribution >= 0.6 is 11.6 Å². The van der Waals surface area contributed by atoms with E-state index < -0.39 is 31.2 Å². The molecule has 1 aliphatic heterocycles. The van der Waals surface area contributed by atoms with Crippen molar-refractivity contribution in [3.05, 3.63) is 28.8 Å². The molecule has 0 saturated heterocycles. The summed E-state index contributed by atoms with van der Waals surface area (Å²) in [4.78, 5) is 22.5. The van der Waals surface area contributed by atoms with Gasteiger partial charge in [-0.2, -0.15) is 13.2 Å². The molecule has 0 fully saturated rings. The lowest BCUT2D eigenvalue weighted by Gasteiger charge is -2.07. The Labute approximate surface area is 139 Å². The highest BCUT2D eigenvalue weighted by Crippen LogP contribution is 2.40. The molecule has 6 nitrogen and oxygen atoms in total. The third-order valence-corrected chi connectivity index (χ3v) is 2.97. The summed E-state index contributed by atoms with van der Waals surface area (Å²) in [6.07, 6.45) is -2.17.